The van der Waals surface area contributed by atoms with Gasteiger partial charge in [-0.05, 0) is 48.9 Å². The van der Waals surface area contributed by atoms with E-state index in [0.717, 1.165) is 0 Å². The van der Waals surface area contributed by atoms with E-state index in [4.69, 9.17) is 4.74 Å². The number of aryl methyl sites for hydroxylation is 1. The lowest BCUT2D eigenvalue weighted by molar-refractivity contribution is -0.0512. The lowest BCUT2D eigenvalue weighted by atomic mass is 10.2. The topological polar surface area (TPSA) is 78.3 Å². The van der Waals surface area contributed by atoms with Crippen LogP contribution >= 0.6 is 0 Å². The molecule has 0 fully saturated rings. The number of alkyl halides is 2. The van der Waals surface area contributed by atoms with Crippen LogP contribution in [0.5, 0.6) is 11.5 Å². The van der Waals surface area contributed by atoms with Gasteiger partial charge in [0.05, 0.1) is 12.8 Å². The van der Waals surface area contributed by atoms with Gasteiger partial charge in [-0.15, -0.1) is 5.10 Å². The van der Waals surface area contributed by atoms with E-state index in [-0.39, 0.29) is 29.7 Å². The molecule has 0 saturated heterocycles. The number of ether oxygens (including phenoxy) is 2. The Morgan fingerprint density at radius 2 is 1.90 bits per heavy atom. The number of methoxy groups -OCH3 is 1. The molecule has 1 aromatic heterocycles. The van der Waals surface area contributed by atoms with Crippen molar-refractivity contribution < 1.29 is 27.4 Å². The largest absolute Gasteiger partial charge is 0.493 e. The second kappa shape index (κ2) is 8.63. The zero-order valence-corrected chi connectivity index (χ0v) is 15.5. The number of hydrogen-bond donors (Lipinski definition) is 1. The maximum Gasteiger partial charge on any atom is 0.387 e. The Morgan fingerprint density at radius 3 is 2.55 bits per heavy atom. The van der Waals surface area contributed by atoms with Crippen molar-refractivity contribution in [3.63, 3.8) is 0 Å². The summed E-state index contributed by atoms with van der Waals surface area (Å²) in [4.78, 5) is 16.5. The van der Waals surface area contributed by atoms with Gasteiger partial charge in [-0.1, -0.05) is 6.07 Å². The third-order valence-corrected chi connectivity index (χ3v) is 3.94. The zero-order chi connectivity index (χ0) is 21.0. The van der Waals surface area contributed by atoms with Crippen LogP contribution < -0.4 is 14.8 Å². The molecule has 3 rings (SSSR count). The predicted octanol–water partition coefficient (Wildman–Crippen LogP) is 3.25. The Kier molecular flexibility index (Phi) is 6.01. The molecule has 7 nitrogen and oxygen atoms in total. The molecular formula is C19H17F3N4O3. The lowest BCUT2D eigenvalue weighted by Crippen LogP contribution is -2.24. The molecule has 0 unspecified atom stereocenters. The number of carbonyl (C=O) groups excluding carboxylic acids is 1. The second-order valence-corrected chi connectivity index (χ2v) is 5.92. The molecule has 3 aromatic rings. The smallest absolute Gasteiger partial charge is 0.387 e. The van der Waals surface area contributed by atoms with Crippen molar-refractivity contribution in [3.05, 3.63) is 65.5 Å². The number of amides is 1. The molecule has 152 valence electrons. The number of hydrogen-bond acceptors (Lipinski definition) is 5. The first-order valence-corrected chi connectivity index (χ1v) is 8.47. The highest BCUT2D eigenvalue weighted by molar-refractivity contribution is 5.90. The maximum absolute atomic E-state index is 13.1. The lowest BCUT2D eigenvalue weighted by Gasteiger charge is -2.11. The van der Waals surface area contributed by atoms with Gasteiger partial charge in [-0.3, -0.25) is 4.79 Å². The number of nitrogens with zero attached hydrogens (tertiary/aromatic N) is 3. The molecule has 0 radical (unpaired) electrons. The standard InChI is InChI=1S/C19H17F3N4O3/c1-11-24-17(25-26(11)14-6-4-13(20)5-7-14)18(27)23-10-12-3-8-15(29-19(21)22)16(9-12)28-2/h3-9,19H,10H2,1-2H3,(H,23,27). The first-order valence-electron chi connectivity index (χ1n) is 8.47. The maximum atomic E-state index is 13.1. The zero-order valence-electron chi connectivity index (χ0n) is 15.5. The SMILES string of the molecule is COc1cc(CNC(=O)c2nc(C)n(-c3ccc(F)cc3)n2)ccc1OC(F)F. The minimum Gasteiger partial charge on any atom is -0.493 e. The Morgan fingerprint density at radius 1 is 1.17 bits per heavy atom. The number of rotatable bonds is 7. The van der Waals surface area contributed by atoms with Gasteiger partial charge in [0.1, 0.15) is 11.6 Å². The van der Waals surface area contributed by atoms with E-state index in [1.165, 1.54) is 54.3 Å². The van der Waals surface area contributed by atoms with E-state index in [1.54, 1.807) is 6.92 Å². The molecule has 0 spiro atoms. The molecule has 0 aliphatic rings. The molecule has 0 bridgehead atoms. The van der Waals surface area contributed by atoms with Crippen molar-refractivity contribution in [1.82, 2.24) is 20.1 Å². The molecule has 10 heteroatoms. The van der Waals surface area contributed by atoms with Crippen LogP contribution in [0.15, 0.2) is 42.5 Å². The number of halogens is 3. The van der Waals surface area contributed by atoms with Gasteiger partial charge in [0.15, 0.2) is 11.5 Å². The summed E-state index contributed by atoms with van der Waals surface area (Å²) in [6.07, 6.45) is 0. The Bertz CT molecular complexity index is 1010. The van der Waals surface area contributed by atoms with Crippen molar-refractivity contribution in [2.75, 3.05) is 7.11 Å². The average Bonchev–Trinajstić information content (AvgIpc) is 3.09. The van der Waals surface area contributed by atoms with E-state index < -0.39 is 12.5 Å². The van der Waals surface area contributed by atoms with Gasteiger partial charge in [-0.2, -0.15) is 8.78 Å². The fraction of sp³-hybridized carbons (Fsp3) is 0.211. The number of benzene rings is 2. The molecule has 0 aliphatic carbocycles. The minimum absolute atomic E-state index is 0.0588. The highest BCUT2D eigenvalue weighted by Crippen LogP contribution is 2.29. The van der Waals surface area contributed by atoms with Crippen LogP contribution in [0.1, 0.15) is 22.0 Å². The highest BCUT2D eigenvalue weighted by Gasteiger charge is 2.16. The fourth-order valence-electron chi connectivity index (χ4n) is 2.59. The Labute approximate surface area is 164 Å². The van der Waals surface area contributed by atoms with Gasteiger partial charge in [0, 0.05) is 6.54 Å². The molecule has 29 heavy (non-hydrogen) atoms. The van der Waals surface area contributed by atoms with Crippen LogP contribution in [-0.4, -0.2) is 34.4 Å². The number of aromatic nitrogens is 3. The average molecular weight is 406 g/mol. The molecule has 1 heterocycles. The second-order valence-electron chi connectivity index (χ2n) is 5.92. The van der Waals surface area contributed by atoms with Gasteiger partial charge >= 0.3 is 6.61 Å². The van der Waals surface area contributed by atoms with E-state index in [2.05, 4.69) is 20.1 Å². The van der Waals surface area contributed by atoms with Crippen molar-refractivity contribution >= 4 is 5.91 Å². The van der Waals surface area contributed by atoms with Gasteiger partial charge in [0.2, 0.25) is 5.82 Å². The fourth-order valence-corrected chi connectivity index (χ4v) is 2.59. The van der Waals surface area contributed by atoms with E-state index in [0.29, 0.717) is 17.1 Å². The van der Waals surface area contributed by atoms with E-state index >= 15 is 0 Å². The minimum atomic E-state index is -2.97. The third kappa shape index (κ3) is 4.84. The summed E-state index contributed by atoms with van der Waals surface area (Å²) in [7, 11) is 1.32. The van der Waals surface area contributed by atoms with Crippen LogP contribution in [0.3, 0.4) is 0 Å². The van der Waals surface area contributed by atoms with Gasteiger partial charge in [-0.25, -0.2) is 14.1 Å². The summed E-state index contributed by atoms with van der Waals surface area (Å²) in [5.74, 6) is -0.501. The first kappa shape index (κ1) is 20.2. The van der Waals surface area contributed by atoms with Crippen LogP contribution in [0.4, 0.5) is 13.2 Å². The van der Waals surface area contributed by atoms with Crippen LogP contribution in [0, 0.1) is 12.7 Å². The predicted molar refractivity (Wildman–Crippen MR) is 96.9 cm³/mol. The van der Waals surface area contributed by atoms with Crippen molar-refractivity contribution in [2.24, 2.45) is 0 Å². The van der Waals surface area contributed by atoms with Crippen molar-refractivity contribution in [2.45, 2.75) is 20.1 Å². The highest BCUT2D eigenvalue weighted by atomic mass is 19.3. The molecule has 0 atom stereocenters. The summed E-state index contributed by atoms with van der Waals surface area (Å²) in [6, 6.07) is 9.94. The molecular weight excluding hydrogens is 389 g/mol. The van der Waals surface area contributed by atoms with Gasteiger partial charge in [0.25, 0.3) is 5.91 Å². The van der Waals surface area contributed by atoms with Crippen molar-refractivity contribution in [3.8, 4) is 17.2 Å². The molecule has 2 aromatic carbocycles. The molecule has 0 saturated carbocycles. The quantitative estimate of drug-likeness (QED) is 0.652. The Balaban J connectivity index is 1.70. The summed E-state index contributed by atoms with van der Waals surface area (Å²) in [5.41, 5.74) is 1.17. The van der Waals surface area contributed by atoms with Crippen LogP contribution in [0.25, 0.3) is 5.69 Å². The first-order chi connectivity index (χ1) is 13.9. The van der Waals surface area contributed by atoms with Gasteiger partial charge < -0.3 is 14.8 Å². The normalized spacial score (nSPS) is 10.8. The van der Waals surface area contributed by atoms with E-state index in [1.807, 2.05) is 0 Å². The van der Waals surface area contributed by atoms with E-state index in [9.17, 15) is 18.0 Å². The summed E-state index contributed by atoms with van der Waals surface area (Å²) < 4.78 is 48.7. The number of nitrogens with one attached hydrogen (secondary N) is 1. The van der Waals surface area contributed by atoms with Crippen LogP contribution in [-0.2, 0) is 6.54 Å². The summed E-state index contributed by atoms with van der Waals surface area (Å²) >= 11 is 0. The van der Waals surface area contributed by atoms with Crippen molar-refractivity contribution in [1.29, 1.82) is 0 Å². The Hall–Kier alpha value is -3.56. The summed E-state index contributed by atoms with van der Waals surface area (Å²) in [6.45, 7) is -1.21. The molecule has 1 amide bonds. The monoisotopic (exact) mass is 406 g/mol. The third-order valence-electron chi connectivity index (χ3n) is 3.94. The van der Waals surface area contributed by atoms with Crippen LogP contribution in [0.2, 0.25) is 0 Å². The molecule has 1 N–H and O–H groups in total. The summed E-state index contributed by atoms with van der Waals surface area (Å²) in [5, 5.41) is 6.79. The molecule has 0 aliphatic heterocycles. The number of carbonyl (C=O) groups is 1.